The van der Waals surface area contributed by atoms with E-state index in [1.807, 2.05) is 12.1 Å². The van der Waals surface area contributed by atoms with Gasteiger partial charge in [0.05, 0.1) is 7.11 Å². The number of ether oxygens (including phenoxy) is 1. The van der Waals surface area contributed by atoms with Crippen LogP contribution in [0, 0.1) is 0 Å². The van der Waals surface area contributed by atoms with Crippen LogP contribution >= 0.6 is 0 Å². The van der Waals surface area contributed by atoms with Crippen molar-refractivity contribution in [2.75, 3.05) is 13.7 Å². The molecule has 1 N–H and O–H groups in total. The Bertz CT molecular complexity index is 570. The summed E-state index contributed by atoms with van der Waals surface area (Å²) in [5.74, 6) is 0.917. The molecule has 0 bridgehead atoms. The number of methoxy groups -OCH3 is 1. The van der Waals surface area contributed by atoms with E-state index < -0.39 is 0 Å². The second-order valence-corrected chi connectivity index (χ2v) is 6.31. The van der Waals surface area contributed by atoms with Gasteiger partial charge in [-0.3, -0.25) is 0 Å². The van der Waals surface area contributed by atoms with E-state index in [2.05, 4.69) is 47.8 Å². The highest BCUT2D eigenvalue weighted by Crippen LogP contribution is 2.40. The number of hydrogen-bond acceptors (Lipinski definition) is 2. The number of rotatable bonds is 6. The van der Waals surface area contributed by atoms with E-state index in [4.69, 9.17) is 4.74 Å². The fourth-order valence-corrected chi connectivity index (χ4v) is 3.60. The Morgan fingerprint density at radius 2 is 1.64 bits per heavy atom. The van der Waals surface area contributed by atoms with Crippen molar-refractivity contribution in [1.29, 1.82) is 0 Å². The van der Waals surface area contributed by atoms with Crippen molar-refractivity contribution >= 4 is 0 Å². The van der Waals surface area contributed by atoms with E-state index in [1.165, 1.54) is 36.8 Å². The Kier molecular flexibility index (Phi) is 4.79. The Balaban J connectivity index is 1.62. The van der Waals surface area contributed by atoms with Crippen LogP contribution in [0.3, 0.4) is 0 Å². The van der Waals surface area contributed by atoms with Crippen LogP contribution in [0.5, 0.6) is 5.75 Å². The lowest BCUT2D eigenvalue weighted by Crippen LogP contribution is -2.35. The van der Waals surface area contributed by atoms with Gasteiger partial charge >= 0.3 is 0 Å². The summed E-state index contributed by atoms with van der Waals surface area (Å²) in [4.78, 5) is 0. The van der Waals surface area contributed by atoms with Crippen LogP contribution in [0.15, 0.2) is 54.6 Å². The molecule has 116 valence electrons. The molecule has 1 aliphatic rings. The molecule has 0 radical (unpaired) electrons. The molecule has 1 fully saturated rings. The van der Waals surface area contributed by atoms with E-state index in [-0.39, 0.29) is 0 Å². The Hall–Kier alpha value is -1.80. The number of benzene rings is 2. The summed E-state index contributed by atoms with van der Waals surface area (Å²) in [5.41, 5.74) is 3.13. The van der Waals surface area contributed by atoms with Gasteiger partial charge in [0.1, 0.15) is 5.75 Å². The van der Waals surface area contributed by atoms with Gasteiger partial charge in [-0.25, -0.2) is 0 Å². The minimum Gasteiger partial charge on any atom is -0.497 e. The van der Waals surface area contributed by atoms with Crippen LogP contribution < -0.4 is 10.1 Å². The van der Waals surface area contributed by atoms with Gasteiger partial charge in [-0.15, -0.1) is 0 Å². The summed E-state index contributed by atoms with van der Waals surface area (Å²) in [7, 11) is 1.71. The first-order chi connectivity index (χ1) is 10.8. The van der Waals surface area contributed by atoms with E-state index in [1.54, 1.807) is 7.11 Å². The topological polar surface area (TPSA) is 21.3 Å². The molecule has 0 aliphatic heterocycles. The Morgan fingerprint density at radius 1 is 0.955 bits per heavy atom. The maximum absolute atomic E-state index is 5.21. The zero-order valence-electron chi connectivity index (χ0n) is 13.3. The molecule has 0 spiro atoms. The van der Waals surface area contributed by atoms with E-state index in [9.17, 15) is 0 Å². The van der Waals surface area contributed by atoms with E-state index >= 15 is 0 Å². The molecule has 0 aromatic heterocycles. The third-order valence-corrected chi connectivity index (χ3v) is 4.90. The number of nitrogens with one attached hydrogen (secondary N) is 1. The molecule has 2 nitrogen and oxygen atoms in total. The van der Waals surface area contributed by atoms with Crippen LogP contribution in [0.2, 0.25) is 0 Å². The molecule has 1 saturated carbocycles. The maximum atomic E-state index is 5.21. The van der Waals surface area contributed by atoms with E-state index in [0.29, 0.717) is 5.41 Å². The maximum Gasteiger partial charge on any atom is 0.118 e. The highest BCUT2D eigenvalue weighted by molar-refractivity contribution is 5.28. The quantitative estimate of drug-likeness (QED) is 0.858. The highest BCUT2D eigenvalue weighted by Gasteiger charge is 2.34. The van der Waals surface area contributed by atoms with Crippen LogP contribution in [0.1, 0.15) is 36.8 Å². The molecule has 0 atom stereocenters. The highest BCUT2D eigenvalue weighted by atomic mass is 16.5. The first-order valence-corrected chi connectivity index (χ1v) is 8.22. The van der Waals surface area contributed by atoms with Crippen LogP contribution in [0.4, 0.5) is 0 Å². The van der Waals surface area contributed by atoms with Gasteiger partial charge in [0.2, 0.25) is 0 Å². The van der Waals surface area contributed by atoms with Gasteiger partial charge in [0.15, 0.2) is 0 Å². The minimum absolute atomic E-state index is 0.327. The van der Waals surface area contributed by atoms with Crippen molar-refractivity contribution in [3.05, 3.63) is 65.7 Å². The standard InChI is InChI=1S/C20H25NO/c1-22-19-11-9-17(10-12-19)15-21-16-20(13-5-6-14-20)18-7-3-2-4-8-18/h2-4,7-12,21H,5-6,13-16H2,1H3. The average Bonchev–Trinajstić information content (AvgIpc) is 3.06. The summed E-state index contributed by atoms with van der Waals surface area (Å²) in [6.07, 6.45) is 5.29. The third-order valence-electron chi connectivity index (χ3n) is 4.90. The zero-order chi connectivity index (χ0) is 15.3. The van der Waals surface area contributed by atoms with Crippen LogP contribution in [-0.4, -0.2) is 13.7 Å². The molecule has 2 aromatic rings. The Morgan fingerprint density at radius 3 is 2.27 bits per heavy atom. The number of hydrogen-bond donors (Lipinski definition) is 1. The predicted octanol–water partition coefficient (Wildman–Crippen LogP) is 4.30. The molecule has 0 amide bonds. The lowest BCUT2D eigenvalue weighted by atomic mass is 9.79. The summed E-state index contributed by atoms with van der Waals surface area (Å²) < 4.78 is 5.21. The molecule has 1 aliphatic carbocycles. The largest absolute Gasteiger partial charge is 0.497 e. The molecule has 0 heterocycles. The smallest absolute Gasteiger partial charge is 0.118 e. The van der Waals surface area contributed by atoms with Crippen molar-refractivity contribution in [2.24, 2.45) is 0 Å². The second kappa shape index (κ2) is 6.97. The molecule has 2 heteroatoms. The van der Waals surface area contributed by atoms with Gasteiger partial charge in [0.25, 0.3) is 0 Å². The van der Waals surface area contributed by atoms with Crippen LogP contribution in [0.25, 0.3) is 0 Å². The molecule has 0 unspecified atom stereocenters. The zero-order valence-corrected chi connectivity index (χ0v) is 13.3. The second-order valence-electron chi connectivity index (χ2n) is 6.31. The molecular weight excluding hydrogens is 270 g/mol. The minimum atomic E-state index is 0.327. The summed E-state index contributed by atoms with van der Waals surface area (Å²) in [6.45, 7) is 1.97. The third kappa shape index (κ3) is 3.33. The first-order valence-electron chi connectivity index (χ1n) is 8.22. The average molecular weight is 295 g/mol. The van der Waals surface area contributed by atoms with Crippen molar-refractivity contribution in [1.82, 2.24) is 5.32 Å². The van der Waals surface area contributed by atoms with E-state index in [0.717, 1.165) is 18.8 Å². The first kappa shape index (κ1) is 15.1. The SMILES string of the molecule is COc1ccc(CNCC2(c3ccccc3)CCCC2)cc1. The lowest BCUT2D eigenvalue weighted by Gasteiger charge is -2.30. The lowest BCUT2D eigenvalue weighted by molar-refractivity contribution is 0.403. The molecule has 0 saturated heterocycles. The molecule has 2 aromatic carbocycles. The Labute approximate surface area is 133 Å². The normalized spacial score (nSPS) is 16.6. The van der Waals surface area contributed by atoms with Gasteiger partial charge in [0, 0.05) is 18.5 Å². The monoisotopic (exact) mass is 295 g/mol. The summed E-state index contributed by atoms with van der Waals surface area (Å²) in [5, 5.41) is 3.68. The van der Waals surface area contributed by atoms with Crippen molar-refractivity contribution in [3.63, 3.8) is 0 Å². The van der Waals surface area contributed by atoms with Crippen LogP contribution in [-0.2, 0) is 12.0 Å². The molecular formula is C20H25NO. The fraction of sp³-hybridized carbons (Fsp3) is 0.400. The molecule has 22 heavy (non-hydrogen) atoms. The summed E-state index contributed by atoms with van der Waals surface area (Å²) in [6, 6.07) is 19.3. The van der Waals surface area contributed by atoms with Gasteiger partial charge in [-0.2, -0.15) is 0 Å². The van der Waals surface area contributed by atoms with Gasteiger partial charge in [-0.1, -0.05) is 55.3 Å². The molecule has 3 rings (SSSR count). The van der Waals surface area contributed by atoms with Crippen molar-refractivity contribution < 1.29 is 4.74 Å². The van der Waals surface area contributed by atoms with Crippen molar-refractivity contribution in [2.45, 2.75) is 37.6 Å². The van der Waals surface area contributed by atoms with Crippen molar-refractivity contribution in [3.8, 4) is 5.75 Å². The van der Waals surface area contributed by atoms with Gasteiger partial charge in [-0.05, 0) is 36.1 Å². The predicted molar refractivity (Wildman–Crippen MR) is 91.3 cm³/mol. The fourth-order valence-electron chi connectivity index (χ4n) is 3.60. The summed E-state index contributed by atoms with van der Waals surface area (Å²) >= 11 is 0. The van der Waals surface area contributed by atoms with Gasteiger partial charge < -0.3 is 10.1 Å².